The maximum atomic E-state index is 12.0. The van der Waals surface area contributed by atoms with Gasteiger partial charge in [0.25, 0.3) is 5.91 Å². The van der Waals surface area contributed by atoms with Gasteiger partial charge in [-0.15, -0.1) is 0 Å². The van der Waals surface area contributed by atoms with Crippen molar-refractivity contribution in [2.75, 3.05) is 13.7 Å². The van der Waals surface area contributed by atoms with E-state index >= 15 is 0 Å². The molecule has 0 saturated carbocycles. The molecule has 0 radical (unpaired) electrons. The number of amides is 2. The Morgan fingerprint density at radius 3 is 2.95 bits per heavy atom. The molecule has 0 bridgehead atoms. The van der Waals surface area contributed by atoms with Crippen molar-refractivity contribution in [3.05, 3.63) is 23.8 Å². The lowest BCUT2D eigenvalue weighted by molar-refractivity contribution is -0.124. The van der Waals surface area contributed by atoms with Crippen LogP contribution in [0, 0.1) is 0 Å². The standard InChI is InChI=1S/C13H16N2O4/c1-19-8-4-5-9(11(16)7-8)12(17)15-10-3-2-6-14-13(10)18/h4-5,7,10,16H,2-3,6H2,1H3,(H,14,18)(H,15,17)/t10-/m1/s1. The van der Waals surface area contributed by atoms with Gasteiger partial charge in [-0.05, 0) is 25.0 Å². The zero-order chi connectivity index (χ0) is 13.8. The van der Waals surface area contributed by atoms with Crippen LogP contribution in [0.5, 0.6) is 11.5 Å². The molecular weight excluding hydrogens is 248 g/mol. The van der Waals surface area contributed by atoms with E-state index in [4.69, 9.17) is 4.74 Å². The first-order valence-electron chi connectivity index (χ1n) is 6.07. The number of hydrogen-bond acceptors (Lipinski definition) is 4. The van der Waals surface area contributed by atoms with Gasteiger partial charge in [0, 0.05) is 12.6 Å². The van der Waals surface area contributed by atoms with E-state index in [9.17, 15) is 14.7 Å². The van der Waals surface area contributed by atoms with E-state index < -0.39 is 11.9 Å². The summed E-state index contributed by atoms with van der Waals surface area (Å²) in [5.74, 6) is -0.368. The van der Waals surface area contributed by atoms with Gasteiger partial charge in [0.15, 0.2) is 0 Å². The molecule has 19 heavy (non-hydrogen) atoms. The van der Waals surface area contributed by atoms with Crippen molar-refractivity contribution in [2.45, 2.75) is 18.9 Å². The molecule has 1 aliphatic rings. The molecule has 2 amide bonds. The number of aromatic hydroxyl groups is 1. The Kier molecular flexibility index (Phi) is 3.89. The highest BCUT2D eigenvalue weighted by molar-refractivity contribution is 5.99. The number of carbonyl (C=O) groups is 2. The Labute approximate surface area is 110 Å². The van der Waals surface area contributed by atoms with Gasteiger partial charge in [0.1, 0.15) is 17.5 Å². The number of hydrogen-bond donors (Lipinski definition) is 3. The van der Waals surface area contributed by atoms with E-state index in [1.807, 2.05) is 0 Å². The summed E-state index contributed by atoms with van der Waals surface area (Å²) in [6, 6.07) is 3.86. The molecule has 0 aliphatic carbocycles. The summed E-state index contributed by atoms with van der Waals surface area (Å²) < 4.78 is 4.94. The van der Waals surface area contributed by atoms with Crippen molar-refractivity contribution < 1.29 is 19.4 Å². The van der Waals surface area contributed by atoms with E-state index in [-0.39, 0.29) is 17.2 Å². The lowest BCUT2D eigenvalue weighted by Crippen LogP contribution is -2.50. The van der Waals surface area contributed by atoms with E-state index in [2.05, 4.69) is 10.6 Å². The molecule has 2 rings (SSSR count). The van der Waals surface area contributed by atoms with Crippen LogP contribution >= 0.6 is 0 Å². The predicted molar refractivity (Wildman–Crippen MR) is 68.2 cm³/mol. The monoisotopic (exact) mass is 264 g/mol. The molecule has 1 aromatic carbocycles. The second kappa shape index (κ2) is 5.60. The van der Waals surface area contributed by atoms with Crippen molar-refractivity contribution in [1.29, 1.82) is 0 Å². The van der Waals surface area contributed by atoms with Crippen LogP contribution in [0.15, 0.2) is 18.2 Å². The van der Waals surface area contributed by atoms with Crippen molar-refractivity contribution in [3.63, 3.8) is 0 Å². The summed E-state index contributed by atoms with van der Waals surface area (Å²) >= 11 is 0. The fourth-order valence-corrected chi connectivity index (χ4v) is 1.98. The van der Waals surface area contributed by atoms with Crippen LogP contribution in [0.4, 0.5) is 0 Å². The largest absolute Gasteiger partial charge is 0.507 e. The Morgan fingerprint density at radius 1 is 1.53 bits per heavy atom. The van der Waals surface area contributed by atoms with Crippen LogP contribution in [0.3, 0.4) is 0 Å². The summed E-state index contributed by atoms with van der Waals surface area (Å²) in [7, 11) is 1.47. The first-order chi connectivity index (χ1) is 9.11. The first kappa shape index (κ1) is 13.2. The van der Waals surface area contributed by atoms with Crippen LogP contribution < -0.4 is 15.4 Å². The second-order valence-corrected chi connectivity index (χ2v) is 4.34. The molecule has 0 unspecified atom stereocenters. The molecule has 1 saturated heterocycles. The molecule has 6 heteroatoms. The number of nitrogens with one attached hydrogen (secondary N) is 2. The molecule has 1 fully saturated rings. The lowest BCUT2D eigenvalue weighted by atomic mass is 10.1. The van der Waals surface area contributed by atoms with Crippen LogP contribution in [0.1, 0.15) is 23.2 Å². The number of phenolic OH excluding ortho intramolecular Hbond substituents is 1. The number of methoxy groups -OCH3 is 1. The van der Waals surface area contributed by atoms with Gasteiger partial charge in [0.2, 0.25) is 5.91 Å². The molecule has 1 aromatic rings. The number of phenols is 1. The number of piperidine rings is 1. The van der Waals surface area contributed by atoms with Gasteiger partial charge in [-0.25, -0.2) is 0 Å². The molecule has 1 aliphatic heterocycles. The van der Waals surface area contributed by atoms with Gasteiger partial charge < -0.3 is 20.5 Å². The molecule has 1 atom stereocenters. The smallest absolute Gasteiger partial charge is 0.255 e. The zero-order valence-corrected chi connectivity index (χ0v) is 10.6. The second-order valence-electron chi connectivity index (χ2n) is 4.34. The molecule has 1 heterocycles. The van der Waals surface area contributed by atoms with Gasteiger partial charge in [-0.3, -0.25) is 9.59 Å². The third-order valence-corrected chi connectivity index (χ3v) is 3.04. The zero-order valence-electron chi connectivity index (χ0n) is 10.6. The fraction of sp³-hybridized carbons (Fsp3) is 0.385. The van der Waals surface area contributed by atoms with Gasteiger partial charge in [0.05, 0.1) is 12.7 Å². The maximum Gasteiger partial charge on any atom is 0.255 e. The van der Waals surface area contributed by atoms with Crippen LogP contribution in [-0.2, 0) is 4.79 Å². The van der Waals surface area contributed by atoms with Crippen LogP contribution in [-0.4, -0.2) is 36.6 Å². The summed E-state index contributed by atoms with van der Waals surface area (Å²) in [5.41, 5.74) is 0.124. The molecule has 0 aromatic heterocycles. The quantitative estimate of drug-likeness (QED) is 0.738. The fourth-order valence-electron chi connectivity index (χ4n) is 1.98. The minimum atomic E-state index is -0.539. The summed E-state index contributed by atoms with van der Waals surface area (Å²) in [5, 5.41) is 15.0. The number of rotatable bonds is 3. The molecule has 6 nitrogen and oxygen atoms in total. The molecule has 102 valence electrons. The summed E-state index contributed by atoms with van der Waals surface area (Å²) in [4.78, 5) is 23.5. The Balaban J connectivity index is 2.09. The highest BCUT2D eigenvalue weighted by atomic mass is 16.5. The Hall–Kier alpha value is -2.24. The van der Waals surface area contributed by atoms with Crippen LogP contribution in [0.2, 0.25) is 0 Å². The summed E-state index contributed by atoms with van der Waals surface area (Å²) in [6.45, 7) is 0.638. The summed E-state index contributed by atoms with van der Waals surface area (Å²) in [6.07, 6.45) is 1.43. The lowest BCUT2D eigenvalue weighted by Gasteiger charge is -2.22. The van der Waals surface area contributed by atoms with Crippen molar-refractivity contribution in [1.82, 2.24) is 10.6 Å². The van der Waals surface area contributed by atoms with E-state index in [1.54, 1.807) is 6.07 Å². The van der Waals surface area contributed by atoms with Crippen molar-refractivity contribution >= 4 is 11.8 Å². The Morgan fingerprint density at radius 2 is 2.32 bits per heavy atom. The SMILES string of the molecule is COc1ccc(C(=O)N[C@@H]2CCCNC2=O)c(O)c1. The van der Waals surface area contributed by atoms with Crippen molar-refractivity contribution in [2.24, 2.45) is 0 Å². The molecule has 3 N–H and O–H groups in total. The molecular formula is C13H16N2O4. The van der Waals surface area contributed by atoms with Crippen molar-refractivity contribution in [3.8, 4) is 11.5 Å². The molecule has 0 spiro atoms. The van der Waals surface area contributed by atoms with Gasteiger partial charge in [-0.2, -0.15) is 0 Å². The minimum absolute atomic E-state index is 0.124. The third-order valence-electron chi connectivity index (χ3n) is 3.04. The topological polar surface area (TPSA) is 87.7 Å². The minimum Gasteiger partial charge on any atom is -0.507 e. The number of carbonyl (C=O) groups excluding carboxylic acids is 2. The number of ether oxygens (including phenoxy) is 1. The average molecular weight is 264 g/mol. The maximum absolute atomic E-state index is 12.0. The Bertz CT molecular complexity index is 501. The van der Waals surface area contributed by atoms with Crippen LogP contribution in [0.25, 0.3) is 0 Å². The van der Waals surface area contributed by atoms with Gasteiger partial charge in [-0.1, -0.05) is 0 Å². The van der Waals surface area contributed by atoms with Gasteiger partial charge >= 0.3 is 0 Å². The average Bonchev–Trinajstić information content (AvgIpc) is 2.41. The highest BCUT2D eigenvalue weighted by Gasteiger charge is 2.24. The van der Waals surface area contributed by atoms with E-state index in [1.165, 1.54) is 19.2 Å². The van der Waals surface area contributed by atoms with E-state index in [0.717, 1.165) is 6.42 Å². The highest BCUT2D eigenvalue weighted by Crippen LogP contribution is 2.23. The number of benzene rings is 1. The third kappa shape index (κ3) is 2.96. The predicted octanol–water partition coefficient (Wildman–Crippen LogP) is 0.409. The van der Waals surface area contributed by atoms with E-state index in [0.29, 0.717) is 18.7 Å². The normalized spacial score (nSPS) is 18.6. The first-order valence-corrected chi connectivity index (χ1v) is 6.07.